The number of amides is 3. The van der Waals surface area contributed by atoms with E-state index in [2.05, 4.69) is 15.6 Å². The van der Waals surface area contributed by atoms with Crippen molar-refractivity contribution in [1.82, 2.24) is 20.5 Å². The van der Waals surface area contributed by atoms with Crippen molar-refractivity contribution in [2.45, 2.75) is 69.1 Å². The number of nitrogens with zero attached hydrogens (tertiary/aromatic N) is 1. The van der Waals surface area contributed by atoms with Gasteiger partial charge in [0, 0.05) is 30.1 Å². The lowest BCUT2D eigenvalue weighted by Crippen LogP contribution is -2.57. The molecule has 1 saturated heterocycles. The van der Waals surface area contributed by atoms with Crippen molar-refractivity contribution in [2.75, 3.05) is 13.1 Å². The Kier molecular flexibility index (Phi) is 10.7. The highest BCUT2D eigenvalue weighted by molar-refractivity contribution is 5.94. The average molecular weight is 577 g/mol. The van der Waals surface area contributed by atoms with E-state index in [1.807, 2.05) is 36.5 Å². The van der Waals surface area contributed by atoms with Crippen molar-refractivity contribution in [3.8, 4) is 0 Å². The van der Waals surface area contributed by atoms with E-state index in [1.165, 1.54) is 4.90 Å². The standard InChI is InChI=1S/C31H40N6O5/c32-15-7-6-13-25(28(38)36-26(31(41)42)17-20-9-2-1-3-10-20)35-29(39)27-14-8-16-37(27)30(40)23(33)18-21-19-34-24-12-5-4-11-22(21)24/h1-5,9-12,19,23,25-27,34H,6-8,13-18,32-33H2,(H,35,39)(H,36,38)(H,41,42). The number of carboxylic acid groups (broad SMARTS) is 1. The van der Waals surface area contributed by atoms with Crippen molar-refractivity contribution < 1.29 is 24.3 Å². The maximum absolute atomic E-state index is 13.5. The second-order valence-electron chi connectivity index (χ2n) is 10.8. The van der Waals surface area contributed by atoms with Crippen molar-refractivity contribution in [3.63, 3.8) is 0 Å². The summed E-state index contributed by atoms with van der Waals surface area (Å²) < 4.78 is 0. The second-order valence-corrected chi connectivity index (χ2v) is 10.8. The van der Waals surface area contributed by atoms with Crippen molar-refractivity contribution in [3.05, 3.63) is 71.9 Å². The van der Waals surface area contributed by atoms with Crippen LogP contribution < -0.4 is 22.1 Å². The zero-order valence-electron chi connectivity index (χ0n) is 23.6. The normalized spacial score (nSPS) is 17.0. The van der Waals surface area contributed by atoms with Crippen LogP contribution in [0, 0.1) is 0 Å². The Balaban J connectivity index is 1.41. The largest absolute Gasteiger partial charge is 0.480 e. The Labute approximate surface area is 245 Å². The predicted molar refractivity (Wildman–Crippen MR) is 159 cm³/mol. The molecule has 2 heterocycles. The quantitative estimate of drug-likeness (QED) is 0.157. The summed E-state index contributed by atoms with van der Waals surface area (Å²) in [5, 5.41) is 16.1. The van der Waals surface area contributed by atoms with Gasteiger partial charge >= 0.3 is 5.97 Å². The van der Waals surface area contributed by atoms with E-state index in [9.17, 15) is 24.3 Å². The zero-order chi connectivity index (χ0) is 30.1. The summed E-state index contributed by atoms with van der Waals surface area (Å²) >= 11 is 0. The molecule has 224 valence electrons. The number of H-pyrrole nitrogens is 1. The molecule has 2 aromatic carbocycles. The molecule has 11 heteroatoms. The molecule has 4 rings (SSSR count). The number of carbonyl (C=O) groups is 4. The molecule has 1 aromatic heterocycles. The number of carbonyl (C=O) groups excluding carboxylic acids is 3. The number of unbranched alkanes of at least 4 members (excludes halogenated alkanes) is 1. The fourth-order valence-electron chi connectivity index (χ4n) is 5.49. The monoisotopic (exact) mass is 576 g/mol. The van der Waals surface area contributed by atoms with E-state index in [0.717, 1.165) is 22.0 Å². The third-order valence-corrected chi connectivity index (χ3v) is 7.75. The highest BCUT2D eigenvalue weighted by atomic mass is 16.4. The molecule has 8 N–H and O–H groups in total. The molecule has 0 bridgehead atoms. The van der Waals surface area contributed by atoms with E-state index in [4.69, 9.17) is 11.5 Å². The molecule has 42 heavy (non-hydrogen) atoms. The Morgan fingerprint density at radius 1 is 0.976 bits per heavy atom. The fourth-order valence-corrected chi connectivity index (χ4v) is 5.49. The van der Waals surface area contributed by atoms with Gasteiger partial charge in [0.1, 0.15) is 18.1 Å². The molecular weight excluding hydrogens is 536 g/mol. The summed E-state index contributed by atoms with van der Waals surface area (Å²) in [7, 11) is 0. The first-order valence-electron chi connectivity index (χ1n) is 14.5. The molecule has 4 atom stereocenters. The van der Waals surface area contributed by atoms with Crippen LogP contribution in [0.1, 0.15) is 43.2 Å². The number of para-hydroxylation sites is 1. The fraction of sp³-hybridized carbons (Fsp3) is 0.419. The van der Waals surface area contributed by atoms with Gasteiger partial charge in [-0.1, -0.05) is 48.5 Å². The number of nitrogens with two attached hydrogens (primary N) is 2. The van der Waals surface area contributed by atoms with Gasteiger partial charge in [0.2, 0.25) is 17.7 Å². The summed E-state index contributed by atoms with van der Waals surface area (Å²) in [6, 6.07) is 13.0. The smallest absolute Gasteiger partial charge is 0.326 e. The summed E-state index contributed by atoms with van der Waals surface area (Å²) in [5.74, 6) is -2.54. The lowest BCUT2D eigenvalue weighted by molar-refractivity contribution is -0.143. The van der Waals surface area contributed by atoms with Gasteiger partial charge < -0.3 is 37.1 Å². The van der Waals surface area contributed by atoms with Crippen LogP contribution >= 0.6 is 0 Å². The number of rotatable bonds is 14. The number of fused-ring (bicyclic) bond motifs is 1. The van der Waals surface area contributed by atoms with E-state index in [-0.39, 0.29) is 18.7 Å². The molecule has 1 aliphatic rings. The van der Waals surface area contributed by atoms with Gasteiger partial charge in [-0.05, 0) is 62.3 Å². The van der Waals surface area contributed by atoms with Crippen LogP contribution in [0.5, 0.6) is 0 Å². The number of carboxylic acids is 1. The summed E-state index contributed by atoms with van der Waals surface area (Å²) in [6.45, 7) is 0.813. The zero-order valence-corrected chi connectivity index (χ0v) is 23.6. The third-order valence-electron chi connectivity index (χ3n) is 7.75. The van der Waals surface area contributed by atoms with Crippen LogP contribution in [0.4, 0.5) is 0 Å². The molecule has 11 nitrogen and oxygen atoms in total. The van der Waals surface area contributed by atoms with E-state index >= 15 is 0 Å². The van der Waals surface area contributed by atoms with Gasteiger partial charge in [0.15, 0.2) is 0 Å². The lowest BCUT2D eigenvalue weighted by atomic mass is 10.0. The SMILES string of the molecule is NCCCCC(NC(=O)C1CCCN1C(=O)C(N)Cc1c[nH]c2ccccc12)C(=O)NC(Cc1ccccc1)C(=O)O. The Bertz CT molecular complexity index is 1380. The number of nitrogens with one attached hydrogen (secondary N) is 3. The molecular formula is C31H40N6O5. The minimum atomic E-state index is -1.17. The van der Waals surface area contributed by atoms with Gasteiger partial charge in [0.25, 0.3) is 0 Å². The number of aromatic amines is 1. The molecule has 1 fully saturated rings. The van der Waals surface area contributed by atoms with Crippen LogP contribution in [-0.2, 0) is 32.0 Å². The number of hydrogen-bond acceptors (Lipinski definition) is 6. The molecule has 3 aromatic rings. The van der Waals surface area contributed by atoms with E-state index < -0.39 is 42.0 Å². The van der Waals surface area contributed by atoms with Crippen molar-refractivity contribution >= 4 is 34.6 Å². The number of likely N-dealkylation sites (tertiary alicyclic amines) is 1. The van der Waals surface area contributed by atoms with Gasteiger partial charge in [-0.3, -0.25) is 14.4 Å². The summed E-state index contributed by atoms with van der Waals surface area (Å²) in [6.07, 6.45) is 4.83. The molecule has 3 amide bonds. The number of aromatic nitrogens is 1. The van der Waals surface area contributed by atoms with Crippen LogP contribution in [0.3, 0.4) is 0 Å². The van der Waals surface area contributed by atoms with Gasteiger partial charge in [-0.2, -0.15) is 0 Å². The minimum absolute atomic E-state index is 0.102. The number of aliphatic carboxylic acids is 1. The average Bonchev–Trinajstić information content (AvgIpc) is 3.64. The summed E-state index contributed by atoms with van der Waals surface area (Å²) in [5.41, 5.74) is 14.6. The third kappa shape index (κ3) is 7.74. The molecule has 0 spiro atoms. The van der Waals surface area contributed by atoms with Crippen molar-refractivity contribution in [2.24, 2.45) is 11.5 Å². The second kappa shape index (κ2) is 14.6. The predicted octanol–water partition coefficient (Wildman–Crippen LogP) is 1.45. The Hall–Kier alpha value is -4.22. The first-order chi connectivity index (χ1) is 20.3. The summed E-state index contributed by atoms with van der Waals surface area (Å²) in [4.78, 5) is 56.8. The highest BCUT2D eigenvalue weighted by Crippen LogP contribution is 2.22. The molecule has 4 unspecified atom stereocenters. The maximum atomic E-state index is 13.5. The topological polar surface area (TPSA) is 184 Å². The molecule has 0 radical (unpaired) electrons. The van der Waals surface area contributed by atoms with Crippen LogP contribution in [0.2, 0.25) is 0 Å². The first-order valence-corrected chi connectivity index (χ1v) is 14.5. The van der Waals surface area contributed by atoms with E-state index in [0.29, 0.717) is 45.2 Å². The lowest BCUT2D eigenvalue weighted by Gasteiger charge is -2.28. The Morgan fingerprint density at radius 3 is 2.45 bits per heavy atom. The van der Waals surface area contributed by atoms with Crippen LogP contribution in [-0.4, -0.2) is 75.9 Å². The van der Waals surface area contributed by atoms with E-state index in [1.54, 1.807) is 24.3 Å². The van der Waals surface area contributed by atoms with Gasteiger partial charge in [-0.25, -0.2) is 4.79 Å². The minimum Gasteiger partial charge on any atom is -0.480 e. The van der Waals surface area contributed by atoms with Crippen LogP contribution in [0.15, 0.2) is 60.8 Å². The Morgan fingerprint density at radius 2 is 1.71 bits per heavy atom. The molecule has 0 saturated carbocycles. The first kappa shape index (κ1) is 30.7. The molecule has 0 aliphatic carbocycles. The number of benzene rings is 2. The van der Waals surface area contributed by atoms with Gasteiger partial charge in [-0.15, -0.1) is 0 Å². The number of hydrogen-bond donors (Lipinski definition) is 6. The van der Waals surface area contributed by atoms with Gasteiger partial charge in [0.05, 0.1) is 6.04 Å². The highest BCUT2D eigenvalue weighted by Gasteiger charge is 2.38. The van der Waals surface area contributed by atoms with Crippen LogP contribution in [0.25, 0.3) is 10.9 Å². The van der Waals surface area contributed by atoms with Crippen molar-refractivity contribution in [1.29, 1.82) is 0 Å². The maximum Gasteiger partial charge on any atom is 0.326 e. The molecule has 1 aliphatic heterocycles.